The molecule has 0 saturated carbocycles. The molecule has 4 aromatic rings. The van der Waals surface area contributed by atoms with Crippen molar-refractivity contribution in [1.29, 1.82) is 0 Å². The van der Waals surface area contributed by atoms with Gasteiger partial charge in [0.15, 0.2) is 5.58 Å². The van der Waals surface area contributed by atoms with Crippen molar-refractivity contribution in [3.05, 3.63) is 74.7 Å². The number of nitrogens with zero attached hydrogens (tertiary/aromatic N) is 2. The third-order valence-electron chi connectivity index (χ3n) is 3.87. The average molecular weight is 462 g/mol. The Labute approximate surface area is 173 Å². The van der Waals surface area contributed by atoms with Gasteiger partial charge in [0.25, 0.3) is 0 Å². The highest BCUT2D eigenvalue weighted by molar-refractivity contribution is 9.10. The second-order valence-electron chi connectivity index (χ2n) is 5.76. The first-order valence-electron chi connectivity index (χ1n) is 7.88. The molecule has 0 atom stereocenters. The van der Waals surface area contributed by atoms with Crippen LogP contribution in [0.3, 0.4) is 0 Å². The lowest BCUT2D eigenvalue weighted by molar-refractivity contribution is 0.474. The van der Waals surface area contributed by atoms with E-state index in [1.807, 2.05) is 6.07 Å². The Morgan fingerprint density at radius 3 is 2.74 bits per heavy atom. The van der Waals surface area contributed by atoms with Gasteiger partial charge in [0, 0.05) is 21.3 Å². The van der Waals surface area contributed by atoms with Crippen LogP contribution in [-0.2, 0) is 0 Å². The van der Waals surface area contributed by atoms with E-state index in [1.165, 1.54) is 0 Å². The average Bonchev–Trinajstić information content (AvgIpc) is 3.07. The fourth-order valence-electron chi connectivity index (χ4n) is 2.55. The zero-order valence-corrected chi connectivity index (χ0v) is 16.8. The molecule has 0 saturated heterocycles. The highest BCUT2D eigenvalue weighted by Crippen LogP contribution is 2.33. The molecule has 0 aliphatic carbocycles. The van der Waals surface area contributed by atoms with E-state index in [4.69, 9.17) is 27.6 Å². The van der Waals surface area contributed by atoms with Gasteiger partial charge in [-0.2, -0.15) is 0 Å². The van der Waals surface area contributed by atoms with Crippen molar-refractivity contribution < 1.29 is 9.52 Å². The van der Waals surface area contributed by atoms with Crippen LogP contribution >= 0.6 is 39.1 Å². The smallest absolute Gasteiger partial charge is 0.228 e. The number of phenols is 1. The first kappa shape index (κ1) is 18.0. The highest BCUT2D eigenvalue weighted by Gasteiger charge is 2.12. The van der Waals surface area contributed by atoms with Gasteiger partial charge in [0.05, 0.1) is 16.3 Å². The number of oxazole rings is 1. The van der Waals surface area contributed by atoms with Gasteiger partial charge in [-0.3, -0.25) is 4.99 Å². The van der Waals surface area contributed by atoms with Crippen LogP contribution in [0.4, 0.5) is 5.69 Å². The standard InChI is InChI=1S/C20H11BrCl2N2O2/c21-12-1-5-18(26)11(7-12)10-24-14-3-6-19-17(9-14)25-20(27-19)15-8-13(22)2-4-16(15)23/h1-10,26H. The van der Waals surface area contributed by atoms with Gasteiger partial charge in [-0.15, -0.1) is 0 Å². The molecular formula is C20H11BrCl2N2O2. The quantitative estimate of drug-likeness (QED) is 0.333. The van der Waals surface area contributed by atoms with Crippen LogP contribution in [0.2, 0.25) is 10.0 Å². The summed E-state index contributed by atoms with van der Waals surface area (Å²) >= 11 is 15.6. The number of hydrogen-bond donors (Lipinski definition) is 1. The summed E-state index contributed by atoms with van der Waals surface area (Å²) in [7, 11) is 0. The zero-order chi connectivity index (χ0) is 19.0. The van der Waals surface area contributed by atoms with Crippen LogP contribution in [0.25, 0.3) is 22.6 Å². The largest absolute Gasteiger partial charge is 0.507 e. The van der Waals surface area contributed by atoms with Crippen molar-refractivity contribution in [2.75, 3.05) is 0 Å². The van der Waals surface area contributed by atoms with E-state index in [9.17, 15) is 5.11 Å². The van der Waals surface area contributed by atoms with Crippen LogP contribution in [-0.4, -0.2) is 16.3 Å². The summed E-state index contributed by atoms with van der Waals surface area (Å²) in [5.41, 5.74) is 3.18. The summed E-state index contributed by atoms with van der Waals surface area (Å²) in [6.45, 7) is 0. The first-order chi connectivity index (χ1) is 13.0. The van der Waals surface area contributed by atoms with Gasteiger partial charge in [-0.25, -0.2) is 4.98 Å². The molecule has 7 heteroatoms. The second kappa shape index (κ2) is 7.35. The minimum atomic E-state index is 0.155. The molecule has 0 amide bonds. The lowest BCUT2D eigenvalue weighted by atomic mass is 10.2. The molecule has 3 aromatic carbocycles. The number of aromatic hydroxyl groups is 1. The topological polar surface area (TPSA) is 58.6 Å². The Balaban J connectivity index is 1.70. The van der Waals surface area contributed by atoms with Gasteiger partial charge < -0.3 is 9.52 Å². The Bertz CT molecular complexity index is 1190. The van der Waals surface area contributed by atoms with Gasteiger partial charge >= 0.3 is 0 Å². The molecule has 0 aliphatic heterocycles. The van der Waals surface area contributed by atoms with E-state index >= 15 is 0 Å². The van der Waals surface area contributed by atoms with E-state index in [0.29, 0.717) is 43.9 Å². The number of halogens is 3. The maximum Gasteiger partial charge on any atom is 0.228 e. The minimum Gasteiger partial charge on any atom is -0.507 e. The number of hydrogen-bond acceptors (Lipinski definition) is 4. The van der Waals surface area contributed by atoms with Gasteiger partial charge in [0.2, 0.25) is 5.89 Å². The summed E-state index contributed by atoms with van der Waals surface area (Å²) in [4.78, 5) is 8.90. The normalized spacial score (nSPS) is 11.5. The second-order valence-corrected chi connectivity index (χ2v) is 7.52. The SMILES string of the molecule is Oc1ccc(Br)cc1C=Nc1ccc2oc(-c3cc(Cl)ccc3Cl)nc2c1. The summed E-state index contributed by atoms with van der Waals surface area (Å²) in [6.07, 6.45) is 1.59. The van der Waals surface area contributed by atoms with E-state index in [1.54, 1.807) is 54.7 Å². The summed E-state index contributed by atoms with van der Waals surface area (Å²) in [6, 6.07) is 15.7. The monoisotopic (exact) mass is 460 g/mol. The fourth-order valence-corrected chi connectivity index (χ4v) is 3.29. The Kier molecular flexibility index (Phi) is 4.91. The van der Waals surface area contributed by atoms with Crippen LogP contribution in [0.15, 0.2) is 68.5 Å². The lowest BCUT2D eigenvalue weighted by Crippen LogP contribution is -1.82. The third-order valence-corrected chi connectivity index (χ3v) is 4.93. The Morgan fingerprint density at radius 2 is 1.89 bits per heavy atom. The van der Waals surface area contributed by atoms with Crippen LogP contribution in [0.1, 0.15) is 5.56 Å². The lowest BCUT2D eigenvalue weighted by Gasteiger charge is -1.99. The molecule has 1 aromatic heterocycles. The summed E-state index contributed by atoms with van der Waals surface area (Å²) in [5.74, 6) is 0.547. The predicted octanol–water partition coefficient (Wildman–Crippen LogP) is 7.02. The Morgan fingerprint density at radius 1 is 1.04 bits per heavy atom. The van der Waals surface area contributed by atoms with E-state index in [0.717, 1.165) is 4.47 Å². The predicted molar refractivity (Wildman–Crippen MR) is 113 cm³/mol. The molecule has 0 fully saturated rings. The molecule has 0 spiro atoms. The van der Waals surface area contributed by atoms with Crippen molar-refractivity contribution in [1.82, 2.24) is 4.98 Å². The molecule has 1 heterocycles. The van der Waals surface area contributed by atoms with Crippen molar-refractivity contribution in [2.24, 2.45) is 4.99 Å². The maximum absolute atomic E-state index is 9.90. The van der Waals surface area contributed by atoms with Gasteiger partial charge in [-0.1, -0.05) is 39.1 Å². The van der Waals surface area contributed by atoms with E-state index in [2.05, 4.69) is 25.9 Å². The molecule has 0 aliphatic rings. The van der Waals surface area contributed by atoms with E-state index in [-0.39, 0.29) is 5.75 Å². The maximum atomic E-state index is 9.90. The Hall–Kier alpha value is -2.34. The van der Waals surface area contributed by atoms with Gasteiger partial charge in [-0.05, 0) is 54.6 Å². The number of fused-ring (bicyclic) bond motifs is 1. The summed E-state index contributed by atoms with van der Waals surface area (Å²) < 4.78 is 6.65. The molecule has 0 radical (unpaired) electrons. The third kappa shape index (κ3) is 3.86. The molecule has 1 N–H and O–H groups in total. The fraction of sp³-hybridized carbons (Fsp3) is 0. The number of aliphatic imine (C=N–C) groups is 1. The molecule has 27 heavy (non-hydrogen) atoms. The van der Waals surface area contributed by atoms with Crippen molar-refractivity contribution >= 4 is 62.1 Å². The number of aromatic nitrogens is 1. The number of benzene rings is 3. The highest BCUT2D eigenvalue weighted by atomic mass is 79.9. The van der Waals surface area contributed by atoms with Gasteiger partial charge in [0.1, 0.15) is 11.3 Å². The van der Waals surface area contributed by atoms with Crippen molar-refractivity contribution in [3.63, 3.8) is 0 Å². The van der Waals surface area contributed by atoms with Crippen LogP contribution in [0.5, 0.6) is 5.75 Å². The molecule has 4 nitrogen and oxygen atoms in total. The van der Waals surface area contributed by atoms with Crippen molar-refractivity contribution in [3.8, 4) is 17.2 Å². The zero-order valence-electron chi connectivity index (χ0n) is 13.7. The number of rotatable bonds is 3. The minimum absolute atomic E-state index is 0.155. The van der Waals surface area contributed by atoms with E-state index < -0.39 is 0 Å². The summed E-state index contributed by atoms with van der Waals surface area (Å²) in [5, 5.41) is 11.0. The molecule has 0 unspecified atom stereocenters. The van der Waals surface area contributed by atoms with Crippen LogP contribution < -0.4 is 0 Å². The molecular weight excluding hydrogens is 451 g/mol. The molecule has 0 bridgehead atoms. The molecule has 4 rings (SSSR count). The molecule has 134 valence electrons. The van der Waals surface area contributed by atoms with Crippen LogP contribution in [0, 0.1) is 0 Å². The first-order valence-corrected chi connectivity index (χ1v) is 9.43. The number of phenolic OH excluding ortho intramolecular Hbond substituents is 1. The van der Waals surface area contributed by atoms with Crippen molar-refractivity contribution in [2.45, 2.75) is 0 Å².